The average Bonchev–Trinajstić information content (AvgIpc) is 2.67. The third-order valence-electron chi connectivity index (χ3n) is 4.83. The van der Waals surface area contributed by atoms with E-state index in [0.717, 1.165) is 10.9 Å². The molecule has 140 valence electrons. The van der Waals surface area contributed by atoms with Crippen LogP contribution in [0, 0.1) is 12.7 Å². The van der Waals surface area contributed by atoms with E-state index in [0.29, 0.717) is 30.7 Å². The van der Waals surface area contributed by atoms with Crippen molar-refractivity contribution < 1.29 is 12.8 Å². The van der Waals surface area contributed by atoms with Gasteiger partial charge in [0.15, 0.2) is 0 Å². The number of fused-ring (bicyclic) bond motifs is 1. The molecule has 1 atom stereocenters. The van der Waals surface area contributed by atoms with Crippen LogP contribution < -0.4 is 5.32 Å². The first kappa shape index (κ1) is 18.0. The Morgan fingerprint density at radius 3 is 2.81 bits per heavy atom. The van der Waals surface area contributed by atoms with Crippen molar-refractivity contribution in [2.45, 2.75) is 17.9 Å². The molecule has 1 aliphatic heterocycles. The van der Waals surface area contributed by atoms with Crippen LogP contribution in [0.1, 0.15) is 17.2 Å². The molecule has 0 radical (unpaired) electrons. The molecule has 0 amide bonds. The number of halogens is 1. The molecule has 2 heterocycles. The Bertz CT molecular complexity index is 1100. The quantitative estimate of drug-likeness (QED) is 0.753. The van der Waals surface area contributed by atoms with E-state index in [1.807, 2.05) is 19.1 Å². The van der Waals surface area contributed by atoms with Crippen LogP contribution >= 0.6 is 0 Å². The first-order valence-corrected chi connectivity index (χ1v) is 10.2. The van der Waals surface area contributed by atoms with Gasteiger partial charge in [0.2, 0.25) is 10.0 Å². The molecule has 27 heavy (non-hydrogen) atoms. The van der Waals surface area contributed by atoms with Gasteiger partial charge < -0.3 is 5.32 Å². The van der Waals surface area contributed by atoms with Crippen LogP contribution in [-0.4, -0.2) is 37.3 Å². The smallest absolute Gasteiger partial charge is 0.245 e. The molecule has 0 aliphatic carbocycles. The number of aromatic nitrogens is 1. The minimum absolute atomic E-state index is 0.184. The Balaban J connectivity index is 1.82. The number of aryl methyl sites for hydroxylation is 1. The average molecular weight is 385 g/mol. The fourth-order valence-electron chi connectivity index (χ4n) is 3.55. The van der Waals surface area contributed by atoms with Gasteiger partial charge in [-0.3, -0.25) is 4.98 Å². The van der Waals surface area contributed by atoms with Crippen molar-refractivity contribution in [1.29, 1.82) is 0 Å². The van der Waals surface area contributed by atoms with Gasteiger partial charge in [0.25, 0.3) is 0 Å². The number of rotatable bonds is 3. The van der Waals surface area contributed by atoms with Crippen molar-refractivity contribution in [1.82, 2.24) is 14.6 Å². The summed E-state index contributed by atoms with van der Waals surface area (Å²) in [6.07, 6.45) is 1.67. The van der Waals surface area contributed by atoms with Gasteiger partial charge in [0.05, 0.1) is 11.6 Å². The largest absolute Gasteiger partial charge is 0.313 e. The maximum Gasteiger partial charge on any atom is 0.245 e. The molecule has 4 rings (SSSR count). The van der Waals surface area contributed by atoms with Gasteiger partial charge in [-0.15, -0.1) is 0 Å². The highest BCUT2D eigenvalue weighted by Gasteiger charge is 2.35. The van der Waals surface area contributed by atoms with Gasteiger partial charge in [0, 0.05) is 31.2 Å². The Hall–Kier alpha value is -2.35. The second-order valence-electron chi connectivity index (χ2n) is 6.73. The third kappa shape index (κ3) is 3.34. The maximum atomic E-state index is 13.7. The lowest BCUT2D eigenvalue weighted by molar-refractivity contribution is 0.271. The van der Waals surface area contributed by atoms with Gasteiger partial charge >= 0.3 is 0 Å². The minimum Gasteiger partial charge on any atom is -0.313 e. The second kappa shape index (κ2) is 6.99. The molecule has 1 unspecified atom stereocenters. The number of nitrogens with one attached hydrogen (secondary N) is 1. The summed E-state index contributed by atoms with van der Waals surface area (Å²) in [7, 11) is -3.80. The summed E-state index contributed by atoms with van der Waals surface area (Å²) in [4.78, 5) is 4.56. The van der Waals surface area contributed by atoms with E-state index in [9.17, 15) is 12.8 Å². The molecule has 1 saturated heterocycles. The molecule has 1 fully saturated rings. The molecule has 5 nitrogen and oxygen atoms in total. The van der Waals surface area contributed by atoms with Crippen LogP contribution in [0.3, 0.4) is 0 Å². The zero-order chi connectivity index (χ0) is 19.0. The summed E-state index contributed by atoms with van der Waals surface area (Å²) in [5, 5.41) is 3.99. The summed E-state index contributed by atoms with van der Waals surface area (Å²) in [5.74, 6) is -0.377. The summed E-state index contributed by atoms with van der Waals surface area (Å²) in [6, 6.07) is 12.7. The van der Waals surface area contributed by atoms with E-state index in [1.165, 1.54) is 16.4 Å². The second-order valence-corrected chi connectivity index (χ2v) is 8.59. The van der Waals surface area contributed by atoms with E-state index in [4.69, 9.17) is 0 Å². The molecule has 1 N–H and O–H groups in total. The minimum atomic E-state index is -3.80. The first-order valence-electron chi connectivity index (χ1n) is 8.80. The molecule has 3 aromatic rings. The fourth-order valence-corrected chi connectivity index (χ4v) is 5.33. The van der Waals surface area contributed by atoms with Crippen LogP contribution in [0.5, 0.6) is 0 Å². The third-order valence-corrected chi connectivity index (χ3v) is 6.76. The number of pyridine rings is 1. The Morgan fingerprint density at radius 1 is 1.19 bits per heavy atom. The zero-order valence-electron chi connectivity index (χ0n) is 14.9. The Morgan fingerprint density at radius 2 is 2.00 bits per heavy atom. The molecule has 0 bridgehead atoms. The Kier molecular flexibility index (Phi) is 4.67. The lowest BCUT2D eigenvalue weighted by Crippen LogP contribution is -2.48. The highest BCUT2D eigenvalue weighted by molar-refractivity contribution is 7.89. The lowest BCUT2D eigenvalue weighted by atomic mass is 10.1. The van der Waals surface area contributed by atoms with Crippen molar-refractivity contribution in [3.8, 4) is 0 Å². The van der Waals surface area contributed by atoms with Crippen molar-refractivity contribution >= 4 is 20.9 Å². The number of hydrogen-bond acceptors (Lipinski definition) is 4. The van der Waals surface area contributed by atoms with Gasteiger partial charge in [-0.2, -0.15) is 4.31 Å². The topological polar surface area (TPSA) is 62.3 Å². The monoisotopic (exact) mass is 385 g/mol. The van der Waals surface area contributed by atoms with Crippen molar-refractivity contribution in [2.75, 3.05) is 19.6 Å². The van der Waals surface area contributed by atoms with Crippen LogP contribution in [-0.2, 0) is 10.0 Å². The number of nitrogens with zero attached hydrogens (tertiary/aromatic N) is 2. The fraction of sp³-hybridized carbons (Fsp3) is 0.250. The predicted molar refractivity (Wildman–Crippen MR) is 102 cm³/mol. The van der Waals surface area contributed by atoms with E-state index >= 15 is 0 Å². The highest BCUT2D eigenvalue weighted by Crippen LogP contribution is 2.32. The van der Waals surface area contributed by atoms with Crippen molar-refractivity contribution in [3.05, 3.63) is 71.7 Å². The first-order chi connectivity index (χ1) is 13.0. The normalized spacial score (nSPS) is 18.7. The van der Waals surface area contributed by atoms with Gasteiger partial charge in [-0.25, -0.2) is 12.8 Å². The SMILES string of the molecule is Cc1cnc2c(S(=O)(=O)N3CCNCC3c3cccc(F)c3)cccc2c1. The van der Waals surface area contributed by atoms with Crippen LogP contribution in [0.2, 0.25) is 0 Å². The predicted octanol–water partition coefficient (Wildman–Crippen LogP) is 3.02. The Labute approximate surface area is 157 Å². The molecular weight excluding hydrogens is 365 g/mol. The van der Waals surface area contributed by atoms with E-state index < -0.39 is 16.1 Å². The summed E-state index contributed by atoms with van der Waals surface area (Å²) in [6.45, 7) is 3.21. The van der Waals surface area contributed by atoms with Gasteiger partial charge in [-0.1, -0.05) is 24.3 Å². The molecule has 1 aromatic heterocycles. The molecule has 2 aromatic carbocycles. The molecule has 7 heteroatoms. The summed E-state index contributed by atoms with van der Waals surface area (Å²) in [5.41, 5.74) is 2.06. The highest BCUT2D eigenvalue weighted by atomic mass is 32.2. The van der Waals surface area contributed by atoms with E-state index in [2.05, 4.69) is 10.3 Å². The maximum absolute atomic E-state index is 13.7. The van der Waals surface area contributed by atoms with E-state index in [1.54, 1.807) is 30.5 Å². The number of hydrogen-bond donors (Lipinski definition) is 1. The van der Waals surface area contributed by atoms with Crippen LogP contribution in [0.4, 0.5) is 4.39 Å². The molecule has 0 spiro atoms. The number of benzene rings is 2. The molecule has 1 aliphatic rings. The summed E-state index contributed by atoms with van der Waals surface area (Å²) < 4.78 is 42.2. The number of sulfonamides is 1. The standard InChI is InChI=1S/C20H20FN3O2S/c1-14-10-16-5-3-7-19(20(16)23-12-14)27(25,26)24-9-8-22-13-18(24)15-4-2-6-17(21)11-15/h2-7,10-12,18,22H,8-9,13H2,1H3. The van der Waals surface area contributed by atoms with Crippen LogP contribution in [0.25, 0.3) is 10.9 Å². The zero-order valence-corrected chi connectivity index (χ0v) is 15.7. The molecule has 0 saturated carbocycles. The summed E-state index contributed by atoms with van der Waals surface area (Å²) >= 11 is 0. The van der Waals surface area contributed by atoms with Gasteiger partial charge in [-0.05, 0) is 42.3 Å². The van der Waals surface area contributed by atoms with Crippen molar-refractivity contribution in [2.24, 2.45) is 0 Å². The van der Waals surface area contributed by atoms with Crippen LogP contribution in [0.15, 0.2) is 59.6 Å². The lowest BCUT2D eigenvalue weighted by Gasteiger charge is -2.35. The van der Waals surface area contributed by atoms with Crippen molar-refractivity contribution in [3.63, 3.8) is 0 Å². The van der Waals surface area contributed by atoms with Gasteiger partial charge in [0.1, 0.15) is 10.7 Å². The number of para-hydroxylation sites is 1. The number of piperazine rings is 1. The van der Waals surface area contributed by atoms with E-state index in [-0.39, 0.29) is 10.7 Å². The molecular formula is C20H20FN3O2S.